The molecule has 2 rings (SSSR count). The van der Waals surface area contributed by atoms with Crippen LogP contribution < -0.4 is 10.5 Å². The summed E-state index contributed by atoms with van der Waals surface area (Å²) >= 11 is 0. The van der Waals surface area contributed by atoms with E-state index in [4.69, 9.17) is 15.0 Å². The second-order valence-corrected chi connectivity index (χ2v) is 6.12. The molecule has 0 aliphatic heterocycles. The number of rotatable bonds is 5. The molecular weight excluding hydrogens is 266 g/mol. The minimum Gasteiger partial charge on any atom is -0.493 e. The fraction of sp³-hybridized carbons (Fsp3) is 0.500. The van der Waals surface area contributed by atoms with Gasteiger partial charge in [0.15, 0.2) is 0 Å². The summed E-state index contributed by atoms with van der Waals surface area (Å²) in [6, 6.07) is 7.63. The van der Waals surface area contributed by atoms with Gasteiger partial charge in [-0.1, -0.05) is 38.1 Å². The zero-order valence-electron chi connectivity index (χ0n) is 13.1. The molecule has 2 N–H and O–H groups in total. The van der Waals surface area contributed by atoms with Crippen molar-refractivity contribution in [1.29, 1.82) is 0 Å². The summed E-state index contributed by atoms with van der Waals surface area (Å²) in [5.74, 6) is 1.85. The highest BCUT2D eigenvalue weighted by molar-refractivity contribution is 5.63. The van der Waals surface area contributed by atoms with Crippen molar-refractivity contribution in [2.24, 2.45) is 11.1 Å². The van der Waals surface area contributed by atoms with Gasteiger partial charge in [0, 0.05) is 12.5 Å². The van der Waals surface area contributed by atoms with Crippen molar-refractivity contribution in [1.82, 2.24) is 10.1 Å². The Morgan fingerprint density at radius 3 is 2.67 bits per heavy atom. The molecule has 1 aromatic carbocycles. The van der Waals surface area contributed by atoms with Crippen LogP contribution in [0.15, 0.2) is 28.8 Å². The third-order valence-corrected chi connectivity index (χ3v) is 3.40. The van der Waals surface area contributed by atoms with Crippen molar-refractivity contribution in [3.05, 3.63) is 30.2 Å². The minimum absolute atomic E-state index is 0.00212. The monoisotopic (exact) mass is 289 g/mol. The quantitative estimate of drug-likeness (QED) is 0.915. The van der Waals surface area contributed by atoms with Gasteiger partial charge >= 0.3 is 0 Å². The van der Waals surface area contributed by atoms with Crippen molar-refractivity contribution in [3.8, 4) is 17.1 Å². The van der Waals surface area contributed by atoms with Gasteiger partial charge in [0.25, 0.3) is 0 Å². The highest BCUT2D eigenvalue weighted by atomic mass is 16.5. The summed E-state index contributed by atoms with van der Waals surface area (Å²) in [4.78, 5) is 4.44. The molecule has 5 heteroatoms. The molecule has 5 nitrogen and oxygen atoms in total. The largest absolute Gasteiger partial charge is 0.493 e. The predicted molar refractivity (Wildman–Crippen MR) is 82.0 cm³/mol. The molecule has 21 heavy (non-hydrogen) atoms. The average molecular weight is 289 g/mol. The molecular formula is C16H23N3O2. The van der Waals surface area contributed by atoms with Crippen LogP contribution in [0.4, 0.5) is 0 Å². The highest BCUT2D eigenvalue weighted by Crippen LogP contribution is 2.28. The fourth-order valence-electron chi connectivity index (χ4n) is 1.87. The first-order valence-electron chi connectivity index (χ1n) is 7.22. The van der Waals surface area contributed by atoms with Crippen LogP contribution in [0.3, 0.4) is 0 Å². The summed E-state index contributed by atoms with van der Waals surface area (Å²) in [5, 5.41) is 4.04. The number of para-hydroxylation sites is 1. The lowest BCUT2D eigenvalue weighted by molar-refractivity contribution is 0.286. The second kappa shape index (κ2) is 6.26. The Labute approximate surface area is 125 Å². The van der Waals surface area contributed by atoms with Crippen LogP contribution >= 0.6 is 0 Å². The van der Waals surface area contributed by atoms with E-state index >= 15 is 0 Å². The number of hydrogen-bond donors (Lipinski definition) is 1. The summed E-state index contributed by atoms with van der Waals surface area (Å²) in [5.41, 5.74) is 6.99. The van der Waals surface area contributed by atoms with Gasteiger partial charge in [0.1, 0.15) is 5.75 Å². The zero-order chi connectivity index (χ0) is 15.5. The molecule has 0 fully saturated rings. The SMILES string of the molecule is CCOc1ccccc1-c1noc(CC(N)C(C)(C)C)n1. The van der Waals surface area contributed by atoms with Crippen molar-refractivity contribution < 1.29 is 9.26 Å². The van der Waals surface area contributed by atoms with E-state index in [1.807, 2.05) is 31.2 Å². The molecule has 2 aromatic rings. The summed E-state index contributed by atoms with van der Waals surface area (Å²) < 4.78 is 10.9. The van der Waals surface area contributed by atoms with Crippen LogP contribution in [0, 0.1) is 5.41 Å². The van der Waals surface area contributed by atoms with Crippen LogP contribution in [0.5, 0.6) is 5.75 Å². The Balaban J connectivity index is 2.20. The maximum atomic E-state index is 6.16. The zero-order valence-corrected chi connectivity index (χ0v) is 13.1. The smallest absolute Gasteiger partial charge is 0.228 e. The van der Waals surface area contributed by atoms with Crippen molar-refractivity contribution in [2.75, 3.05) is 6.61 Å². The molecule has 0 saturated carbocycles. The van der Waals surface area contributed by atoms with E-state index in [9.17, 15) is 0 Å². The lowest BCUT2D eigenvalue weighted by atomic mass is 9.85. The van der Waals surface area contributed by atoms with Gasteiger partial charge in [-0.3, -0.25) is 0 Å². The summed E-state index contributed by atoms with van der Waals surface area (Å²) in [7, 11) is 0. The molecule has 0 bridgehead atoms. The first-order valence-corrected chi connectivity index (χ1v) is 7.22. The first-order chi connectivity index (χ1) is 9.91. The molecule has 0 spiro atoms. The minimum atomic E-state index is -0.0343. The first kappa shape index (κ1) is 15.5. The average Bonchev–Trinajstić information content (AvgIpc) is 2.87. The predicted octanol–water partition coefficient (Wildman–Crippen LogP) is 3.05. The van der Waals surface area contributed by atoms with Crippen molar-refractivity contribution in [2.45, 2.75) is 40.2 Å². The maximum absolute atomic E-state index is 6.16. The molecule has 0 aliphatic rings. The molecule has 0 aliphatic carbocycles. The lowest BCUT2D eigenvalue weighted by Crippen LogP contribution is -2.36. The third kappa shape index (κ3) is 3.82. The van der Waals surface area contributed by atoms with Crippen LogP contribution in [-0.4, -0.2) is 22.8 Å². The van der Waals surface area contributed by atoms with E-state index in [-0.39, 0.29) is 11.5 Å². The normalized spacial score (nSPS) is 13.2. The van der Waals surface area contributed by atoms with Gasteiger partial charge in [-0.25, -0.2) is 0 Å². The second-order valence-electron chi connectivity index (χ2n) is 6.12. The van der Waals surface area contributed by atoms with Crippen LogP contribution in [-0.2, 0) is 6.42 Å². The molecule has 1 aromatic heterocycles. The van der Waals surface area contributed by atoms with Crippen molar-refractivity contribution in [3.63, 3.8) is 0 Å². The van der Waals surface area contributed by atoms with E-state index in [1.165, 1.54) is 0 Å². The van der Waals surface area contributed by atoms with E-state index in [0.717, 1.165) is 11.3 Å². The number of benzene rings is 1. The maximum Gasteiger partial charge on any atom is 0.228 e. The number of nitrogens with two attached hydrogens (primary N) is 1. The summed E-state index contributed by atoms with van der Waals surface area (Å²) in [6.07, 6.45) is 0.563. The Hall–Kier alpha value is -1.88. The molecule has 0 saturated heterocycles. The van der Waals surface area contributed by atoms with E-state index < -0.39 is 0 Å². The van der Waals surface area contributed by atoms with E-state index in [2.05, 4.69) is 30.9 Å². The Kier molecular flexibility index (Phi) is 4.63. The number of nitrogens with zero attached hydrogens (tertiary/aromatic N) is 2. The molecule has 0 amide bonds. The van der Waals surface area contributed by atoms with E-state index in [1.54, 1.807) is 0 Å². The Morgan fingerprint density at radius 1 is 1.29 bits per heavy atom. The van der Waals surface area contributed by atoms with Gasteiger partial charge in [-0.2, -0.15) is 4.98 Å². The van der Waals surface area contributed by atoms with Crippen molar-refractivity contribution >= 4 is 0 Å². The topological polar surface area (TPSA) is 74.2 Å². The summed E-state index contributed by atoms with van der Waals surface area (Å²) in [6.45, 7) is 8.83. The molecule has 1 heterocycles. The third-order valence-electron chi connectivity index (χ3n) is 3.40. The molecule has 1 unspecified atom stereocenters. The van der Waals surface area contributed by atoms with Crippen LogP contribution in [0.25, 0.3) is 11.4 Å². The number of hydrogen-bond acceptors (Lipinski definition) is 5. The van der Waals surface area contributed by atoms with Gasteiger partial charge < -0.3 is 15.0 Å². The van der Waals surface area contributed by atoms with Crippen LogP contribution in [0.1, 0.15) is 33.6 Å². The van der Waals surface area contributed by atoms with Crippen LogP contribution in [0.2, 0.25) is 0 Å². The van der Waals surface area contributed by atoms with Gasteiger partial charge in [-0.15, -0.1) is 0 Å². The van der Waals surface area contributed by atoms with Gasteiger partial charge in [0.05, 0.1) is 12.2 Å². The molecule has 0 radical (unpaired) electrons. The standard InChI is InChI=1S/C16H23N3O2/c1-5-20-12-9-7-6-8-11(12)15-18-14(21-19-15)10-13(17)16(2,3)4/h6-9,13H,5,10,17H2,1-4H3. The lowest BCUT2D eigenvalue weighted by Gasteiger charge is -2.25. The Bertz CT molecular complexity index is 587. The number of aromatic nitrogens is 2. The molecule has 1 atom stereocenters. The van der Waals surface area contributed by atoms with E-state index in [0.29, 0.717) is 24.7 Å². The van der Waals surface area contributed by atoms with Gasteiger partial charge in [-0.05, 0) is 24.5 Å². The van der Waals surface area contributed by atoms with Gasteiger partial charge in [0.2, 0.25) is 11.7 Å². The number of ether oxygens (including phenoxy) is 1. The highest BCUT2D eigenvalue weighted by Gasteiger charge is 2.23. The Morgan fingerprint density at radius 2 is 2.00 bits per heavy atom. The fourth-order valence-corrected chi connectivity index (χ4v) is 1.87. The molecule has 114 valence electrons.